The second kappa shape index (κ2) is 6.18. The van der Waals surface area contributed by atoms with Gasteiger partial charge in [-0.3, -0.25) is 21.2 Å². The van der Waals surface area contributed by atoms with E-state index in [0.29, 0.717) is 11.4 Å². The Hall–Kier alpha value is -2.01. The first-order valence-electron chi connectivity index (χ1n) is 6.68. The van der Waals surface area contributed by atoms with E-state index >= 15 is 0 Å². The minimum atomic E-state index is -0.0437. The van der Waals surface area contributed by atoms with Crippen molar-refractivity contribution >= 4 is 22.5 Å². The Kier molecular flexibility index (Phi) is 4.10. The molecule has 106 valence electrons. The average Bonchev–Trinajstić information content (AvgIpc) is 2.54. The number of hydrogen-bond donors (Lipinski definition) is 2. The van der Waals surface area contributed by atoms with Crippen LogP contribution in [0, 0.1) is 0 Å². The van der Waals surface area contributed by atoms with Gasteiger partial charge < -0.3 is 0 Å². The zero-order valence-electron chi connectivity index (χ0n) is 11.3. The second-order valence-electron chi connectivity index (χ2n) is 4.81. The number of aromatic nitrogens is 2. The Morgan fingerprint density at radius 2 is 2.00 bits per heavy atom. The van der Waals surface area contributed by atoms with Crippen LogP contribution in [0.25, 0.3) is 10.9 Å². The van der Waals surface area contributed by atoms with Crippen molar-refractivity contribution in [3.05, 3.63) is 71.1 Å². The van der Waals surface area contributed by atoms with Gasteiger partial charge in [-0.2, -0.15) is 0 Å². The minimum Gasteiger partial charge on any atom is -0.271 e. The monoisotopic (exact) mass is 298 g/mol. The third-order valence-electron chi connectivity index (χ3n) is 3.54. The molecule has 1 aromatic carbocycles. The number of nitrogens with two attached hydrogens (primary N) is 1. The van der Waals surface area contributed by atoms with Gasteiger partial charge in [-0.05, 0) is 35.7 Å². The molecular weight excluding hydrogens is 284 g/mol. The molecule has 1 atom stereocenters. The van der Waals surface area contributed by atoms with Crippen molar-refractivity contribution in [1.82, 2.24) is 15.4 Å². The molecule has 5 heteroatoms. The zero-order valence-corrected chi connectivity index (χ0v) is 12.1. The van der Waals surface area contributed by atoms with Crippen molar-refractivity contribution in [2.24, 2.45) is 5.84 Å². The highest BCUT2D eigenvalue weighted by atomic mass is 35.5. The van der Waals surface area contributed by atoms with Gasteiger partial charge in [0.1, 0.15) is 0 Å². The van der Waals surface area contributed by atoms with Crippen molar-refractivity contribution in [2.45, 2.75) is 12.5 Å². The van der Waals surface area contributed by atoms with Crippen LogP contribution in [0.3, 0.4) is 0 Å². The summed E-state index contributed by atoms with van der Waals surface area (Å²) in [6.45, 7) is 0. The van der Waals surface area contributed by atoms with Crippen LogP contribution in [-0.2, 0) is 6.42 Å². The highest BCUT2D eigenvalue weighted by molar-refractivity contribution is 6.31. The van der Waals surface area contributed by atoms with Crippen molar-refractivity contribution in [1.29, 1.82) is 0 Å². The van der Waals surface area contributed by atoms with E-state index in [1.165, 1.54) is 0 Å². The van der Waals surface area contributed by atoms with E-state index in [4.69, 9.17) is 17.4 Å². The van der Waals surface area contributed by atoms with E-state index in [1.54, 1.807) is 18.6 Å². The second-order valence-corrected chi connectivity index (χ2v) is 5.21. The van der Waals surface area contributed by atoms with Gasteiger partial charge in [0.25, 0.3) is 0 Å². The molecule has 0 spiro atoms. The highest BCUT2D eigenvalue weighted by Crippen LogP contribution is 2.27. The zero-order chi connectivity index (χ0) is 14.7. The van der Waals surface area contributed by atoms with Crippen LogP contribution in [0.5, 0.6) is 0 Å². The van der Waals surface area contributed by atoms with Gasteiger partial charge in [0, 0.05) is 24.0 Å². The number of benzene rings is 1. The maximum Gasteiger partial charge on any atom is 0.0705 e. The molecule has 0 aliphatic heterocycles. The lowest BCUT2D eigenvalue weighted by Crippen LogP contribution is -2.29. The maximum absolute atomic E-state index is 6.19. The summed E-state index contributed by atoms with van der Waals surface area (Å²) in [6, 6.07) is 11.9. The third-order valence-corrected chi connectivity index (χ3v) is 3.88. The topological polar surface area (TPSA) is 63.8 Å². The number of hydrazine groups is 1. The molecule has 1 unspecified atom stereocenters. The van der Waals surface area contributed by atoms with E-state index in [0.717, 1.165) is 22.0 Å². The lowest BCUT2D eigenvalue weighted by atomic mass is 9.97. The number of para-hydroxylation sites is 1. The van der Waals surface area contributed by atoms with E-state index in [9.17, 15) is 0 Å². The Labute approximate surface area is 128 Å². The number of pyridine rings is 2. The van der Waals surface area contributed by atoms with Gasteiger partial charge in [-0.25, -0.2) is 0 Å². The lowest BCUT2D eigenvalue weighted by Gasteiger charge is -2.18. The first-order chi connectivity index (χ1) is 10.3. The number of rotatable bonds is 4. The fourth-order valence-electron chi connectivity index (χ4n) is 2.47. The van der Waals surface area contributed by atoms with E-state index in [1.807, 2.05) is 30.3 Å². The maximum atomic E-state index is 6.19. The standard InChI is InChI=1S/C16H15ClN4/c17-14-10-19-7-5-11(14)9-16(21-18)13-6-8-20-15-4-2-1-3-12(13)15/h1-8,10,16,21H,9,18H2. The average molecular weight is 299 g/mol. The normalized spacial score (nSPS) is 12.5. The molecule has 0 bridgehead atoms. The first kappa shape index (κ1) is 13.9. The molecule has 0 fully saturated rings. The summed E-state index contributed by atoms with van der Waals surface area (Å²) >= 11 is 6.19. The number of fused-ring (bicyclic) bond motifs is 1. The van der Waals surface area contributed by atoms with Crippen LogP contribution in [-0.4, -0.2) is 9.97 Å². The molecule has 0 aliphatic carbocycles. The molecule has 0 aliphatic rings. The smallest absolute Gasteiger partial charge is 0.0705 e. The molecule has 21 heavy (non-hydrogen) atoms. The fourth-order valence-corrected chi connectivity index (χ4v) is 2.67. The summed E-state index contributed by atoms with van der Waals surface area (Å²) in [5.74, 6) is 5.76. The largest absolute Gasteiger partial charge is 0.271 e. The summed E-state index contributed by atoms with van der Waals surface area (Å²) in [7, 11) is 0. The molecule has 0 saturated heterocycles. The highest BCUT2D eigenvalue weighted by Gasteiger charge is 2.15. The van der Waals surface area contributed by atoms with Gasteiger partial charge in [-0.1, -0.05) is 29.8 Å². The van der Waals surface area contributed by atoms with Crippen LogP contribution in [0.2, 0.25) is 5.02 Å². The van der Waals surface area contributed by atoms with Crippen molar-refractivity contribution in [3.63, 3.8) is 0 Å². The fraction of sp³-hybridized carbons (Fsp3) is 0.125. The molecule has 4 nitrogen and oxygen atoms in total. The number of halogens is 1. The molecule has 3 rings (SSSR count). The molecule has 2 aromatic heterocycles. The molecule has 0 amide bonds. The Bertz CT molecular complexity index is 755. The summed E-state index contributed by atoms with van der Waals surface area (Å²) in [5.41, 5.74) is 5.95. The van der Waals surface area contributed by atoms with Gasteiger partial charge in [0.15, 0.2) is 0 Å². The van der Waals surface area contributed by atoms with Crippen LogP contribution >= 0.6 is 11.6 Å². The third kappa shape index (κ3) is 2.88. The lowest BCUT2D eigenvalue weighted by molar-refractivity contribution is 0.555. The summed E-state index contributed by atoms with van der Waals surface area (Å²) in [5, 5.41) is 1.74. The number of nitrogens with one attached hydrogen (secondary N) is 1. The van der Waals surface area contributed by atoms with E-state index in [-0.39, 0.29) is 6.04 Å². The Balaban J connectivity index is 2.01. The van der Waals surface area contributed by atoms with Crippen molar-refractivity contribution in [3.8, 4) is 0 Å². The summed E-state index contributed by atoms with van der Waals surface area (Å²) < 4.78 is 0. The van der Waals surface area contributed by atoms with Crippen molar-refractivity contribution < 1.29 is 0 Å². The van der Waals surface area contributed by atoms with Gasteiger partial charge in [0.2, 0.25) is 0 Å². The molecule has 3 aromatic rings. The van der Waals surface area contributed by atoms with E-state index in [2.05, 4.69) is 21.5 Å². The van der Waals surface area contributed by atoms with Crippen LogP contribution in [0.4, 0.5) is 0 Å². The molecule has 3 N–H and O–H groups in total. The van der Waals surface area contributed by atoms with Crippen LogP contribution in [0.15, 0.2) is 55.0 Å². The summed E-state index contributed by atoms with van der Waals surface area (Å²) in [4.78, 5) is 8.39. The predicted octanol–water partition coefficient (Wildman–Crippen LogP) is 3.03. The quantitative estimate of drug-likeness (QED) is 0.574. The SMILES string of the molecule is NNC(Cc1ccncc1Cl)c1ccnc2ccccc12. The van der Waals surface area contributed by atoms with Gasteiger partial charge >= 0.3 is 0 Å². The summed E-state index contributed by atoms with van der Waals surface area (Å²) in [6.07, 6.45) is 5.87. The Morgan fingerprint density at radius 3 is 2.81 bits per heavy atom. The van der Waals surface area contributed by atoms with E-state index < -0.39 is 0 Å². The molecule has 0 saturated carbocycles. The van der Waals surface area contributed by atoms with Gasteiger partial charge in [-0.15, -0.1) is 0 Å². The minimum absolute atomic E-state index is 0.0437. The number of nitrogens with zero attached hydrogens (tertiary/aromatic N) is 2. The van der Waals surface area contributed by atoms with Gasteiger partial charge in [0.05, 0.1) is 16.6 Å². The molecular formula is C16H15ClN4. The number of hydrogen-bond acceptors (Lipinski definition) is 4. The van der Waals surface area contributed by atoms with Crippen LogP contribution in [0.1, 0.15) is 17.2 Å². The van der Waals surface area contributed by atoms with Crippen LogP contribution < -0.4 is 11.3 Å². The molecule has 2 heterocycles. The van der Waals surface area contributed by atoms with Crippen molar-refractivity contribution in [2.75, 3.05) is 0 Å². The predicted molar refractivity (Wildman–Crippen MR) is 84.8 cm³/mol. The molecule has 0 radical (unpaired) electrons. The Morgan fingerprint density at radius 1 is 1.14 bits per heavy atom. The first-order valence-corrected chi connectivity index (χ1v) is 7.05.